The lowest BCUT2D eigenvalue weighted by molar-refractivity contribution is -0.116. The molecule has 1 aromatic carbocycles. The topological polar surface area (TPSA) is 57.5 Å². The van der Waals surface area contributed by atoms with Gasteiger partial charge in [0.25, 0.3) is 0 Å². The lowest BCUT2D eigenvalue weighted by atomic mass is 9.91. The molecule has 1 aliphatic carbocycles. The molecule has 2 N–H and O–H groups in total. The van der Waals surface area contributed by atoms with Gasteiger partial charge < -0.3 is 10.2 Å². The van der Waals surface area contributed by atoms with Crippen molar-refractivity contribution in [1.82, 2.24) is 0 Å². The van der Waals surface area contributed by atoms with E-state index in [0.29, 0.717) is 0 Å². The monoisotopic (exact) mass is 204 g/mol. The van der Waals surface area contributed by atoms with E-state index in [0.717, 1.165) is 18.4 Å². The maximum Gasteiger partial charge on any atom is 0.165 e. The summed E-state index contributed by atoms with van der Waals surface area (Å²) < 4.78 is 0. The normalized spacial score (nSPS) is 17.1. The molecule has 1 aliphatic rings. The van der Waals surface area contributed by atoms with Gasteiger partial charge in [-0.3, -0.25) is 4.79 Å². The highest BCUT2D eigenvalue weighted by atomic mass is 16.3. The average Bonchev–Trinajstić information content (AvgIpc) is 3.02. The summed E-state index contributed by atoms with van der Waals surface area (Å²) in [6.45, 7) is 3.47. The second kappa shape index (κ2) is 3.12. The van der Waals surface area contributed by atoms with E-state index in [1.54, 1.807) is 6.07 Å². The zero-order chi connectivity index (χ0) is 11.1. The van der Waals surface area contributed by atoms with Crippen LogP contribution in [0, 0.1) is 0 Å². The predicted octanol–water partition coefficient (Wildman–Crippen LogP) is 1.88. The van der Waals surface area contributed by atoms with Crippen molar-refractivity contribution in [2.45, 2.75) is 18.3 Å². The molecular formula is C12H12O3. The molecule has 0 aliphatic heterocycles. The number of hydrogen-bond acceptors (Lipinski definition) is 3. The van der Waals surface area contributed by atoms with E-state index < -0.39 is 5.41 Å². The second-order valence-electron chi connectivity index (χ2n) is 3.85. The number of aromatic hydroxyl groups is 2. The Morgan fingerprint density at radius 2 is 2.00 bits per heavy atom. The molecule has 3 nitrogen and oxygen atoms in total. The molecule has 0 radical (unpaired) electrons. The van der Waals surface area contributed by atoms with Gasteiger partial charge in [0, 0.05) is 0 Å². The number of hydrogen-bond donors (Lipinski definition) is 2. The third kappa shape index (κ3) is 1.40. The number of ketones is 1. The van der Waals surface area contributed by atoms with Crippen molar-refractivity contribution in [3.8, 4) is 11.5 Å². The minimum atomic E-state index is -0.493. The predicted molar refractivity (Wildman–Crippen MR) is 55.9 cm³/mol. The van der Waals surface area contributed by atoms with Gasteiger partial charge in [-0.05, 0) is 36.6 Å². The lowest BCUT2D eigenvalue weighted by Crippen LogP contribution is -2.17. The van der Waals surface area contributed by atoms with Gasteiger partial charge in [-0.25, -0.2) is 0 Å². The third-order valence-corrected chi connectivity index (χ3v) is 2.94. The molecule has 0 amide bonds. The molecule has 1 aromatic rings. The largest absolute Gasteiger partial charge is 0.504 e. The zero-order valence-electron chi connectivity index (χ0n) is 8.23. The molecule has 0 aromatic heterocycles. The fraction of sp³-hybridized carbons (Fsp3) is 0.250. The van der Waals surface area contributed by atoms with Crippen LogP contribution in [0.2, 0.25) is 0 Å². The van der Waals surface area contributed by atoms with Crippen LogP contribution in [-0.2, 0) is 10.2 Å². The molecule has 15 heavy (non-hydrogen) atoms. The molecule has 78 valence electrons. The summed E-state index contributed by atoms with van der Waals surface area (Å²) in [5.74, 6) is -0.371. The standard InChI is InChI=1S/C12H12O3/c1-2-11(15)12(5-6-12)8-3-4-9(13)10(14)7-8/h2-4,7,13-14H,1,5-6H2. The fourth-order valence-electron chi connectivity index (χ4n) is 1.82. The summed E-state index contributed by atoms with van der Waals surface area (Å²) in [7, 11) is 0. The van der Waals surface area contributed by atoms with Crippen molar-refractivity contribution in [2.24, 2.45) is 0 Å². The average molecular weight is 204 g/mol. The van der Waals surface area contributed by atoms with Crippen LogP contribution >= 0.6 is 0 Å². The molecule has 2 rings (SSSR count). The van der Waals surface area contributed by atoms with Gasteiger partial charge in [0.15, 0.2) is 17.3 Å². The van der Waals surface area contributed by atoms with Crippen molar-refractivity contribution >= 4 is 5.78 Å². The van der Waals surface area contributed by atoms with Crippen LogP contribution in [0.1, 0.15) is 18.4 Å². The van der Waals surface area contributed by atoms with Gasteiger partial charge in [-0.1, -0.05) is 12.6 Å². The molecule has 0 heterocycles. The molecule has 3 heteroatoms. The van der Waals surface area contributed by atoms with E-state index in [-0.39, 0.29) is 17.3 Å². The van der Waals surface area contributed by atoms with E-state index in [1.807, 2.05) is 0 Å². The van der Waals surface area contributed by atoms with Gasteiger partial charge in [0.05, 0.1) is 5.41 Å². The van der Waals surface area contributed by atoms with Crippen LogP contribution in [0.25, 0.3) is 0 Å². The third-order valence-electron chi connectivity index (χ3n) is 2.94. The van der Waals surface area contributed by atoms with Crippen molar-refractivity contribution in [1.29, 1.82) is 0 Å². The highest BCUT2D eigenvalue weighted by Crippen LogP contribution is 2.50. The van der Waals surface area contributed by atoms with Gasteiger partial charge in [-0.15, -0.1) is 0 Å². The summed E-state index contributed by atoms with van der Waals surface area (Å²) in [6, 6.07) is 4.52. The molecule has 0 atom stereocenters. The first-order chi connectivity index (χ1) is 7.10. The summed E-state index contributed by atoms with van der Waals surface area (Å²) in [4.78, 5) is 11.6. The summed E-state index contributed by atoms with van der Waals surface area (Å²) in [5.41, 5.74) is 0.259. The van der Waals surface area contributed by atoms with Gasteiger partial charge in [0.1, 0.15) is 0 Å². The Hall–Kier alpha value is -1.77. The van der Waals surface area contributed by atoms with Crippen LogP contribution in [-0.4, -0.2) is 16.0 Å². The van der Waals surface area contributed by atoms with Gasteiger partial charge in [0.2, 0.25) is 0 Å². The number of carbonyl (C=O) groups is 1. The summed E-state index contributed by atoms with van der Waals surface area (Å²) >= 11 is 0. The lowest BCUT2D eigenvalue weighted by Gasteiger charge is -2.12. The molecule has 0 saturated heterocycles. The first-order valence-corrected chi connectivity index (χ1v) is 4.79. The Morgan fingerprint density at radius 3 is 2.47 bits per heavy atom. The van der Waals surface area contributed by atoms with E-state index in [2.05, 4.69) is 6.58 Å². The number of rotatable bonds is 3. The Labute approximate surface area is 87.7 Å². The first kappa shape index (κ1) is 9.77. The van der Waals surface area contributed by atoms with E-state index in [1.165, 1.54) is 18.2 Å². The zero-order valence-corrected chi connectivity index (χ0v) is 8.23. The molecule has 0 spiro atoms. The highest BCUT2D eigenvalue weighted by Gasteiger charge is 2.49. The van der Waals surface area contributed by atoms with E-state index >= 15 is 0 Å². The minimum absolute atomic E-state index is 0.0208. The smallest absolute Gasteiger partial charge is 0.165 e. The van der Waals surface area contributed by atoms with Crippen LogP contribution in [0.15, 0.2) is 30.9 Å². The summed E-state index contributed by atoms with van der Waals surface area (Å²) in [5, 5.41) is 18.5. The Kier molecular flexibility index (Phi) is 2.03. The Bertz CT molecular complexity index is 430. The number of phenols is 2. The second-order valence-corrected chi connectivity index (χ2v) is 3.85. The van der Waals surface area contributed by atoms with E-state index in [9.17, 15) is 15.0 Å². The van der Waals surface area contributed by atoms with E-state index in [4.69, 9.17) is 0 Å². The van der Waals surface area contributed by atoms with Gasteiger partial charge in [-0.2, -0.15) is 0 Å². The quantitative estimate of drug-likeness (QED) is 0.584. The molecule has 1 saturated carbocycles. The number of carbonyl (C=O) groups excluding carboxylic acids is 1. The van der Waals surface area contributed by atoms with Gasteiger partial charge >= 0.3 is 0 Å². The van der Waals surface area contributed by atoms with Crippen LogP contribution in [0.3, 0.4) is 0 Å². The highest BCUT2D eigenvalue weighted by molar-refractivity contribution is 6.01. The number of benzene rings is 1. The fourth-order valence-corrected chi connectivity index (χ4v) is 1.82. The Morgan fingerprint density at radius 1 is 1.33 bits per heavy atom. The molecular weight excluding hydrogens is 192 g/mol. The van der Waals surface area contributed by atoms with Crippen LogP contribution in [0.5, 0.6) is 11.5 Å². The number of allylic oxidation sites excluding steroid dienone is 1. The van der Waals surface area contributed by atoms with Crippen molar-refractivity contribution in [3.63, 3.8) is 0 Å². The SMILES string of the molecule is C=CC(=O)C1(c2ccc(O)c(O)c2)CC1. The first-order valence-electron chi connectivity index (χ1n) is 4.79. The molecule has 0 bridgehead atoms. The van der Waals surface area contributed by atoms with Crippen molar-refractivity contribution in [2.75, 3.05) is 0 Å². The molecule has 1 fully saturated rings. The Balaban J connectivity index is 2.42. The minimum Gasteiger partial charge on any atom is -0.504 e. The van der Waals surface area contributed by atoms with Crippen LogP contribution in [0.4, 0.5) is 0 Å². The summed E-state index contributed by atoms with van der Waals surface area (Å²) in [6.07, 6.45) is 2.88. The van der Waals surface area contributed by atoms with Crippen LogP contribution < -0.4 is 0 Å². The maximum absolute atomic E-state index is 11.6. The van der Waals surface area contributed by atoms with Crippen molar-refractivity contribution in [3.05, 3.63) is 36.4 Å². The number of phenolic OH excluding ortho intramolecular Hbond substituents is 2. The van der Waals surface area contributed by atoms with Crippen molar-refractivity contribution < 1.29 is 15.0 Å². The maximum atomic E-state index is 11.6. The molecule has 0 unspecified atom stereocenters.